The topological polar surface area (TPSA) is 61.9 Å². The predicted molar refractivity (Wildman–Crippen MR) is 34.9 cm³/mol. The standard InChI is InChI=1S/C3H4Cl2FN3/c4-2(7)1(6)3(5)9-8/h7,9H,8H2/b3-1+,7-2?. The summed E-state index contributed by atoms with van der Waals surface area (Å²) in [7, 11) is 0. The zero-order valence-corrected chi connectivity index (χ0v) is 5.72. The first-order valence-electron chi connectivity index (χ1n) is 1.86. The minimum Gasteiger partial charge on any atom is -0.312 e. The summed E-state index contributed by atoms with van der Waals surface area (Å²) in [5.74, 6) is 3.61. The van der Waals surface area contributed by atoms with Crippen molar-refractivity contribution in [3.63, 3.8) is 0 Å². The number of allylic oxidation sites excluding steroid dienone is 1. The third kappa shape index (κ3) is 2.64. The van der Waals surface area contributed by atoms with Crippen LogP contribution in [0.2, 0.25) is 0 Å². The van der Waals surface area contributed by atoms with E-state index in [1.54, 1.807) is 5.43 Å². The van der Waals surface area contributed by atoms with Crippen LogP contribution in [0.1, 0.15) is 0 Å². The van der Waals surface area contributed by atoms with Crippen molar-refractivity contribution in [3.05, 3.63) is 11.0 Å². The summed E-state index contributed by atoms with van der Waals surface area (Å²) in [6.07, 6.45) is 0. The molecule has 0 aromatic carbocycles. The van der Waals surface area contributed by atoms with Crippen LogP contribution in [0.5, 0.6) is 0 Å². The molecule has 0 spiro atoms. The van der Waals surface area contributed by atoms with Crippen molar-refractivity contribution in [2.75, 3.05) is 0 Å². The summed E-state index contributed by atoms with van der Waals surface area (Å²) in [4.78, 5) is 0. The van der Waals surface area contributed by atoms with Crippen LogP contribution >= 0.6 is 23.2 Å². The van der Waals surface area contributed by atoms with E-state index < -0.39 is 16.2 Å². The van der Waals surface area contributed by atoms with Gasteiger partial charge in [0.25, 0.3) is 0 Å². The van der Waals surface area contributed by atoms with Crippen LogP contribution in [-0.2, 0) is 0 Å². The van der Waals surface area contributed by atoms with Gasteiger partial charge >= 0.3 is 0 Å². The Morgan fingerprint density at radius 2 is 2.00 bits per heavy atom. The van der Waals surface area contributed by atoms with Gasteiger partial charge in [-0.05, 0) is 0 Å². The lowest BCUT2D eigenvalue weighted by Crippen LogP contribution is -2.19. The highest BCUT2D eigenvalue weighted by Crippen LogP contribution is 2.09. The Balaban J connectivity index is 4.28. The van der Waals surface area contributed by atoms with E-state index in [4.69, 9.17) is 28.6 Å². The monoisotopic (exact) mass is 171 g/mol. The molecule has 0 aromatic heterocycles. The van der Waals surface area contributed by atoms with Crippen LogP contribution in [-0.4, -0.2) is 5.17 Å². The molecule has 4 N–H and O–H groups in total. The number of hydrogen-bond acceptors (Lipinski definition) is 3. The number of nitrogens with two attached hydrogens (primary N) is 1. The minimum atomic E-state index is -1.07. The van der Waals surface area contributed by atoms with E-state index >= 15 is 0 Å². The summed E-state index contributed by atoms with van der Waals surface area (Å²) in [5.41, 5.74) is 1.79. The van der Waals surface area contributed by atoms with Crippen molar-refractivity contribution < 1.29 is 4.39 Å². The highest BCUT2D eigenvalue weighted by molar-refractivity contribution is 6.68. The first-order valence-corrected chi connectivity index (χ1v) is 2.61. The van der Waals surface area contributed by atoms with E-state index in [2.05, 4.69) is 5.84 Å². The van der Waals surface area contributed by atoms with Crippen molar-refractivity contribution in [1.29, 1.82) is 5.41 Å². The molecule has 0 aromatic rings. The first kappa shape index (κ1) is 8.68. The molecule has 0 saturated heterocycles. The lowest BCUT2D eigenvalue weighted by Gasteiger charge is -1.95. The van der Waals surface area contributed by atoms with Crippen molar-refractivity contribution in [2.24, 2.45) is 5.84 Å². The molecule has 0 bridgehead atoms. The molecule has 0 aliphatic carbocycles. The molecular weight excluding hydrogens is 168 g/mol. The van der Waals surface area contributed by atoms with Gasteiger partial charge < -0.3 is 5.43 Å². The zero-order valence-electron chi connectivity index (χ0n) is 4.21. The Morgan fingerprint density at radius 3 is 2.11 bits per heavy atom. The van der Waals surface area contributed by atoms with Crippen molar-refractivity contribution in [3.8, 4) is 0 Å². The molecule has 3 nitrogen and oxygen atoms in total. The molecule has 0 unspecified atom stereocenters. The smallest absolute Gasteiger partial charge is 0.195 e. The van der Waals surface area contributed by atoms with Crippen LogP contribution in [0.15, 0.2) is 11.0 Å². The maximum atomic E-state index is 12.2. The Labute approximate surface area is 61.1 Å². The third-order valence-corrected chi connectivity index (χ3v) is 0.953. The van der Waals surface area contributed by atoms with E-state index in [0.29, 0.717) is 0 Å². The third-order valence-electron chi connectivity index (χ3n) is 0.512. The summed E-state index contributed by atoms with van der Waals surface area (Å²) in [5, 5.41) is 5.23. The van der Waals surface area contributed by atoms with Gasteiger partial charge in [0.1, 0.15) is 0 Å². The highest BCUT2D eigenvalue weighted by atomic mass is 35.5. The lowest BCUT2D eigenvalue weighted by molar-refractivity contribution is 0.664. The number of rotatable bonds is 2. The molecule has 0 aliphatic heterocycles. The van der Waals surface area contributed by atoms with Gasteiger partial charge in [-0.25, -0.2) is 10.2 Å². The fraction of sp³-hybridized carbons (Fsp3) is 0. The van der Waals surface area contributed by atoms with Gasteiger partial charge in [0.15, 0.2) is 16.2 Å². The van der Waals surface area contributed by atoms with Crippen molar-refractivity contribution in [1.82, 2.24) is 5.43 Å². The highest BCUT2D eigenvalue weighted by Gasteiger charge is 2.05. The van der Waals surface area contributed by atoms with E-state index in [1.807, 2.05) is 0 Å². The van der Waals surface area contributed by atoms with E-state index in [-0.39, 0.29) is 0 Å². The number of nitrogens with one attached hydrogen (secondary N) is 2. The SMILES string of the molecule is N=C(Cl)/C(F)=C(/Cl)NN. The number of hydrogen-bond donors (Lipinski definition) is 3. The van der Waals surface area contributed by atoms with Gasteiger partial charge in [0, 0.05) is 0 Å². The number of hydrazine groups is 1. The fourth-order valence-electron chi connectivity index (χ4n) is 0.160. The maximum absolute atomic E-state index is 12.2. The van der Waals surface area contributed by atoms with Crippen molar-refractivity contribution in [2.45, 2.75) is 0 Å². The van der Waals surface area contributed by atoms with Gasteiger partial charge in [0.2, 0.25) is 0 Å². The van der Waals surface area contributed by atoms with Crippen LogP contribution in [0, 0.1) is 5.41 Å². The van der Waals surface area contributed by atoms with Crippen LogP contribution in [0.25, 0.3) is 0 Å². The van der Waals surface area contributed by atoms with E-state index in [9.17, 15) is 4.39 Å². The van der Waals surface area contributed by atoms with Crippen LogP contribution < -0.4 is 11.3 Å². The van der Waals surface area contributed by atoms with Gasteiger partial charge in [-0.3, -0.25) is 5.41 Å². The second-order valence-corrected chi connectivity index (χ2v) is 1.84. The zero-order chi connectivity index (χ0) is 7.44. The summed E-state index contributed by atoms with van der Waals surface area (Å²) in [6, 6.07) is 0. The predicted octanol–water partition coefficient (Wildman–Crippen LogP) is 1.04. The van der Waals surface area contributed by atoms with Gasteiger partial charge in [-0.15, -0.1) is 0 Å². The van der Waals surface area contributed by atoms with Crippen LogP contribution in [0.3, 0.4) is 0 Å². The van der Waals surface area contributed by atoms with Gasteiger partial charge in [-0.1, -0.05) is 23.2 Å². The lowest BCUT2D eigenvalue weighted by atomic mass is 10.6. The Bertz CT molecular complexity index is 155. The molecule has 52 valence electrons. The summed E-state index contributed by atoms with van der Waals surface area (Å²) in [6.45, 7) is 0. The first-order chi connectivity index (χ1) is 4.09. The van der Waals surface area contributed by atoms with Crippen molar-refractivity contribution >= 4 is 28.4 Å². The Morgan fingerprint density at radius 1 is 1.56 bits per heavy atom. The largest absolute Gasteiger partial charge is 0.312 e. The summed E-state index contributed by atoms with van der Waals surface area (Å²) >= 11 is 9.93. The molecule has 0 aliphatic rings. The van der Waals surface area contributed by atoms with Gasteiger partial charge in [0.05, 0.1) is 0 Å². The molecule has 0 saturated carbocycles. The Kier molecular flexibility index (Phi) is 3.53. The molecule has 0 radical (unpaired) electrons. The summed E-state index contributed by atoms with van der Waals surface area (Å²) < 4.78 is 12.2. The molecular formula is C3H4Cl2FN3. The maximum Gasteiger partial charge on any atom is 0.195 e. The molecule has 0 fully saturated rings. The average Bonchev–Trinajstić information content (AvgIpc) is 1.84. The van der Waals surface area contributed by atoms with Gasteiger partial charge in [-0.2, -0.15) is 0 Å². The molecule has 6 heteroatoms. The second-order valence-electron chi connectivity index (χ2n) is 1.09. The molecule has 0 rings (SSSR count). The normalized spacial score (nSPS) is 12.4. The van der Waals surface area contributed by atoms with E-state index in [1.165, 1.54) is 0 Å². The fourth-order valence-corrected chi connectivity index (χ4v) is 0.397. The molecule has 0 amide bonds. The van der Waals surface area contributed by atoms with E-state index in [0.717, 1.165) is 0 Å². The number of halogens is 3. The Hall–Kier alpha value is -0.320. The average molecular weight is 172 g/mol. The molecule has 9 heavy (non-hydrogen) atoms. The second kappa shape index (κ2) is 3.66. The quantitative estimate of drug-likeness (QED) is 0.252. The molecule has 0 atom stereocenters. The minimum absolute atomic E-state index is 0.477. The molecule has 0 heterocycles. The van der Waals surface area contributed by atoms with Crippen LogP contribution in [0.4, 0.5) is 4.39 Å².